The van der Waals surface area contributed by atoms with Gasteiger partial charge in [-0.05, 0) is 48.7 Å². The maximum absolute atomic E-state index is 13.1. The molecular formula is C19H18F4N2O3S. The van der Waals surface area contributed by atoms with Crippen LogP contribution in [-0.4, -0.2) is 31.2 Å². The molecular weight excluding hydrogens is 412 g/mol. The van der Waals surface area contributed by atoms with Crippen molar-refractivity contribution in [1.29, 1.82) is 0 Å². The lowest BCUT2D eigenvalue weighted by Crippen LogP contribution is -2.41. The second-order valence-corrected chi connectivity index (χ2v) is 8.70. The Balaban J connectivity index is 1.92. The monoisotopic (exact) mass is 430 g/mol. The van der Waals surface area contributed by atoms with E-state index in [2.05, 4.69) is 5.32 Å². The smallest absolute Gasteiger partial charge is 0.352 e. The number of carbonyl (C=O) groups excluding carboxylic acids is 1. The summed E-state index contributed by atoms with van der Waals surface area (Å²) in [6.07, 6.45) is -3.12. The van der Waals surface area contributed by atoms with E-state index in [9.17, 15) is 30.8 Å². The van der Waals surface area contributed by atoms with Crippen LogP contribution in [0.1, 0.15) is 24.0 Å². The van der Waals surface area contributed by atoms with Crippen molar-refractivity contribution in [1.82, 2.24) is 9.62 Å². The van der Waals surface area contributed by atoms with Gasteiger partial charge in [-0.15, -0.1) is 0 Å². The normalized spacial score (nSPS) is 14.8. The number of nitrogens with zero attached hydrogens (tertiary/aromatic N) is 1. The number of hydrogen-bond donors (Lipinski definition) is 1. The summed E-state index contributed by atoms with van der Waals surface area (Å²) in [5, 5.41) is 2.65. The van der Waals surface area contributed by atoms with Crippen LogP contribution >= 0.6 is 0 Å². The molecule has 1 aliphatic rings. The van der Waals surface area contributed by atoms with Gasteiger partial charge >= 0.3 is 6.18 Å². The molecule has 1 amide bonds. The Kier molecular flexibility index (Phi) is 5.95. The molecule has 0 aliphatic heterocycles. The molecule has 0 saturated heterocycles. The Morgan fingerprint density at radius 2 is 1.76 bits per heavy atom. The van der Waals surface area contributed by atoms with E-state index in [1.165, 1.54) is 12.1 Å². The zero-order valence-corrected chi connectivity index (χ0v) is 15.9. The quantitative estimate of drug-likeness (QED) is 0.686. The lowest BCUT2D eigenvalue weighted by atomic mass is 10.2. The van der Waals surface area contributed by atoms with Gasteiger partial charge in [0, 0.05) is 12.6 Å². The summed E-state index contributed by atoms with van der Waals surface area (Å²) in [6.45, 7) is -0.858. The minimum absolute atomic E-state index is 0.00793. The molecule has 10 heteroatoms. The Morgan fingerprint density at radius 1 is 1.10 bits per heavy atom. The van der Waals surface area contributed by atoms with Crippen molar-refractivity contribution in [3.63, 3.8) is 0 Å². The van der Waals surface area contributed by atoms with Crippen LogP contribution < -0.4 is 5.32 Å². The van der Waals surface area contributed by atoms with Crippen LogP contribution in [-0.2, 0) is 27.5 Å². The summed E-state index contributed by atoms with van der Waals surface area (Å²) in [5.41, 5.74) is -0.719. The van der Waals surface area contributed by atoms with E-state index in [0.29, 0.717) is 11.6 Å². The molecule has 29 heavy (non-hydrogen) atoms. The molecule has 1 fully saturated rings. The molecule has 3 rings (SSSR count). The van der Waals surface area contributed by atoms with Crippen molar-refractivity contribution >= 4 is 15.9 Å². The number of carbonyl (C=O) groups is 1. The number of sulfonamides is 1. The van der Waals surface area contributed by atoms with E-state index in [1.54, 1.807) is 0 Å². The summed E-state index contributed by atoms with van der Waals surface area (Å²) in [5.74, 6) is -1.07. The third-order valence-electron chi connectivity index (χ3n) is 4.33. The van der Waals surface area contributed by atoms with Crippen LogP contribution in [0.2, 0.25) is 0 Å². The largest absolute Gasteiger partial charge is 0.416 e. The number of halogens is 4. The van der Waals surface area contributed by atoms with Crippen molar-refractivity contribution in [2.24, 2.45) is 0 Å². The zero-order chi connectivity index (χ0) is 21.2. The first-order valence-electron chi connectivity index (χ1n) is 8.77. The Labute approximate surface area is 165 Å². The fourth-order valence-corrected chi connectivity index (χ4v) is 4.09. The van der Waals surface area contributed by atoms with Gasteiger partial charge in [0.2, 0.25) is 15.9 Å². The third-order valence-corrected chi connectivity index (χ3v) is 6.12. The lowest BCUT2D eigenvalue weighted by molar-refractivity contribution is -0.137. The average Bonchev–Trinajstić information content (AvgIpc) is 3.46. The van der Waals surface area contributed by atoms with Crippen LogP contribution in [0.25, 0.3) is 0 Å². The predicted molar refractivity (Wildman–Crippen MR) is 96.6 cm³/mol. The zero-order valence-electron chi connectivity index (χ0n) is 15.1. The number of benzene rings is 2. The second kappa shape index (κ2) is 8.11. The van der Waals surface area contributed by atoms with Gasteiger partial charge in [-0.1, -0.05) is 18.2 Å². The molecule has 0 radical (unpaired) electrons. The summed E-state index contributed by atoms with van der Waals surface area (Å²) in [6, 6.07) is 8.30. The minimum atomic E-state index is -4.71. The number of rotatable bonds is 7. The molecule has 0 bridgehead atoms. The third kappa shape index (κ3) is 5.54. The van der Waals surface area contributed by atoms with E-state index in [0.717, 1.165) is 47.5 Å². The average molecular weight is 430 g/mol. The molecule has 5 nitrogen and oxygen atoms in total. The topological polar surface area (TPSA) is 66.5 Å². The lowest BCUT2D eigenvalue weighted by Gasteiger charge is -2.22. The Morgan fingerprint density at radius 3 is 2.34 bits per heavy atom. The molecule has 0 unspecified atom stereocenters. The summed E-state index contributed by atoms with van der Waals surface area (Å²) >= 11 is 0. The van der Waals surface area contributed by atoms with E-state index in [-0.39, 0.29) is 12.6 Å². The summed E-state index contributed by atoms with van der Waals surface area (Å²) in [4.78, 5) is 11.6. The van der Waals surface area contributed by atoms with Crippen molar-refractivity contribution in [2.45, 2.75) is 36.5 Å². The first-order valence-corrected chi connectivity index (χ1v) is 10.2. The van der Waals surface area contributed by atoms with Crippen LogP contribution in [0.4, 0.5) is 17.6 Å². The number of amides is 1. The summed E-state index contributed by atoms with van der Waals surface area (Å²) in [7, 11) is -4.42. The molecule has 0 spiro atoms. The van der Waals surface area contributed by atoms with Gasteiger partial charge in [-0.2, -0.15) is 17.5 Å². The van der Waals surface area contributed by atoms with Gasteiger partial charge in [0.15, 0.2) is 0 Å². The van der Waals surface area contributed by atoms with E-state index in [4.69, 9.17) is 0 Å². The second-order valence-electron chi connectivity index (χ2n) is 6.77. The maximum Gasteiger partial charge on any atom is 0.416 e. The molecule has 2 aromatic carbocycles. The molecule has 0 heterocycles. The minimum Gasteiger partial charge on any atom is -0.352 e. The fraction of sp³-hybridized carbons (Fsp3) is 0.316. The first kappa shape index (κ1) is 21.3. The number of hydrogen-bond acceptors (Lipinski definition) is 3. The van der Waals surface area contributed by atoms with Gasteiger partial charge in [0.1, 0.15) is 5.82 Å². The Bertz CT molecular complexity index is 987. The molecule has 1 saturated carbocycles. The highest BCUT2D eigenvalue weighted by molar-refractivity contribution is 7.89. The molecule has 1 aliphatic carbocycles. The SMILES string of the molecule is O=C(CN(Cc1ccc(F)cc1)S(=O)(=O)c1cccc(C(F)(F)F)c1)NC1CC1. The van der Waals surface area contributed by atoms with E-state index < -0.39 is 44.9 Å². The van der Waals surface area contributed by atoms with Crippen molar-refractivity contribution < 1.29 is 30.8 Å². The number of nitrogens with one attached hydrogen (secondary N) is 1. The van der Waals surface area contributed by atoms with Crippen molar-refractivity contribution in [3.8, 4) is 0 Å². The highest BCUT2D eigenvalue weighted by Gasteiger charge is 2.34. The van der Waals surface area contributed by atoms with Gasteiger partial charge in [0.05, 0.1) is 17.0 Å². The molecule has 0 aromatic heterocycles. The van der Waals surface area contributed by atoms with Crippen LogP contribution in [0.3, 0.4) is 0 Å². The highest BCUT2D eigenvalue weighted by atomic mass is 32.2. The van der Waals surface area contributed by atoms with Crippen molar-refractivity contribution in [3.05, 3.63) is 65.5 Å². The van der Waals surface area contributed by atoms with E-state index >= 15 is 0 Å². The Hall–Kier alpha value is -2.46. The first-order chi connectivity index (χ1) is 13.6. The summed E-state index contributed by atoms with van der Waals surface area (Å²) < 4.78 is 79.0. The van der Waals surface area contributed by atoms with Crippen LogP contribution in [0, 0.1) is 5.82 Å². The van der Waals surface area contributed by atoms with Crippen LogP contribution in [0.15, 0.2) is 53.4 Å². The predicted octanol–water partition coefficient (Wildman–Crippen LogP) is 3.31. The highest BCUT2D eigenvalue weighted by Crippen LogP contribution is 2.31. The fourth-order valence-electron chi connectivity index (χ4n) is 2.66. The maximum atomic E-state index is 13.1. The van der Waals surface area contributed by atoms with Gasteiger partial charge in [-0.3, -0.25) is 4.79 Å². The van der Waals surface area contributed by atoms with Gasteiger partial charge in [-0.25, -0.2) is 12.8 Å². The number of alkyl halides is 3. The van der Waals surface area contributed by atoms with Gasteiger partial charge in [0.25, 0.3) is 0 Å². The standard InChI is InChI=1S/C19H18F4N2O3S/c20-15-6-4-13(5-7-15)11-25(12-18(26)24-16-8-9-16)29(27,28)17-3-1-2-14(10-17)19(21,22)23/h1-7,10,16H,8-9,11-12H2,(H,24,26). The van der Waals surface area contributed by atoms with Gasteiger partial charge < -0.3 is 5.32 Å². The molecule has 1 N–H and O–H groups in total. The van der Waals surface area contributed by atoms with E-state index in [1.807, 2.05) is 0 Å². The molecule has 0 atom stereocenters. The molecule has 156 valence electrons. The molecule has 2 aromatic rings. The van der Waals surface area contributed by atoms with Crippen molar-refractivity contribution in [2.75, 3.05) is 6.54 Å². The van der Waals surface area contributed by atoms with Crippen LogP contribution in [0.5, 0.6) is 0 Å².